The van der Waals surface area contributed by atoms with Crippen LogP contribution in [0, 0.1) is 19.8 Å². The van der Waals surface area contributed by atoms with E-state index in [0.717, 1.165) is 5.56 Å². The SMILES string of the molecule is Cc1cc(C(=O)Nc2nn(C)c3c2C[C@H](C)C(=O)N3)c(C)o1. The second-order valence-corrected chi connectivity index (χ2v) is 5.67. The summed E-state index contributed by atoms with van der Waals surface area (Å²) in [5, 5.41) is 9.94. The highest BCUT2D eigenvalue weighted by Crippen LogP contribution is 2.31. The highest BCUT2D eigenvalue weighted by Gasteiger charge is 2.29. The van der Waals surface area contributed by atoms with Gasteiger partial charge in [-0.15, -0.1) is 0 Å². The zero-order valence-electron chi connectivity index (χ0n) is 13.0. The Labute approximate surface area is 127 Å². The third-order valence-electron chi connectivity index (χ3n) is 3.86. The van der Waals surface area contributed by atoms with Crippen LogP contribution in [0.2, 0.25) is 0 Å². The van der Waals surface area contributed by atoms with Crippen LogP contribution in [0.5, 0.6) is 0 Å². The maximum absolute atomic E-state index is 12.4. The molecule has 2 aromatic rings. The Kier molecular flexibility index (Phi) is 3.27. The molecule has 0 fully saturated rings. The Hall–Kier alpha value is -2.57. The number of furan rings is 1. The van der Waals surface area contributed by atoms with Crippen molar-refractivity contribution in [3.63, 3.8) is 0 Å². The lowest BCUT2D eigenvalue weighted by Crippen LogP contribution is -2.28. The van der Waals surface area contributed by atoms with Crippen molar-refractivity contribution < 1.29 is 14.0 Å². The van der Waals surface area contributed by atoms with E-state index >= 15 is 0 Å². The van der Waals surface area contributed by atoms with Crippen molar-refractivity contribution in [1.29, 1.82) is 0 Å². The maximum atomic E-state index is 12.4. The van der Waals surface area contributed by atoms with Crippen LogP contribution in [0.25, 0.3) is 0 Å². The average Bonchev–Trinajstić information content (AvgIpc) is 2.92. The van der Waals surface area contributed by atoms with Gasteiger partial charge in [0.05, 0.1) is 5.56 Å². The largest absolute Gasteiger partial charge is 0.466 e. The second-order valence-electron chi connectivity index (χ2n) is 5.67. The first-order valence-electron chi connectivity index (χ1n) is 7.12. The summed E-state index contributed by atoms with van der Waals surface area (Å²) >= 11 is 0. The molecular formula is C15H18N4O3. The fourth-order valence-electron chi connectivity index (χ4n) is 2.69. The van der Waals surface area contributed by atoms with Gasteiger partial charge in [0, 0.05) is 18.5 Å². The Balaban J connectivity index is 1.91. The highest BCUT2D eigenvalue weighted by molar-refractivity contribution is 6.06. The molecule has 1 atom stereocenters. The smallest absolute Gasteiger partial charge is 0.260 e. The molecule has 0 bridgehead atoms. The molecular weight excluding hydrogens is 284 g/mol. The lowest BCUT2D eigenvalue weighted by Gasteiger charge is -2.19. The van der Waals surface area contributed by atoms with Crippen molar-refractivity contribution in [3.8, 4) is 0 Å². The molecule has 3 rings (SSSR count). The Bertz CT molecular complexity index is 772. The van der Waals surface area contributed by atoms with Gasteiger partial charge < -0.3 is 15.1 Å². The summed E-state index contributed by atoms with van der Waals surface area (Å²) in [5.41, 5.74) is 1.34. The molecule has 0 radical (unpaired) electrons. The van der Waals surface area contributed by atoms with Gasteiger partial charge >= 0.3 is 0 Å². The molecule has 0 spiro atoms. The first-order valence-corrected chi connectivity index (χ1v) is 7.12. The van der Waals surface area contributed by atoms with Crippen LogP contribution < -0.4 is 10.6 Å². The lowest BCUT2D eigenvalue weighted by atomic mass is 9.98. The van der Waals surface area contributed by atoms with Gasteiger partial charge in [-0.05, 0) is 26.3 Å². The molecule has 116 valence electrons. The summed E-state index contributed by atoms with van der Waals surface area (Å²) in [6.07, 6.45) is 0.550. The number of aromatic nitrogens is 2. The molecule has 1 aliphatic heterocycles. The number of carbonyl (C=O) groups is 2. The molecule has 2 amide bonds. The molecule has 2 aromatic heterocycles. The van der Waals surface area contributed by atoms with Gasteiger partial charge in [0.15, 0.2) is 5.82 Å². The van der Waals surface area contributed by atoms with Crippen molar-refractivity contribution in [1.82, 2.24) is 9.78 Å². The third kappa shape index (κ3) is 2.28. The average molecular weight is 302 g/mol. The number of nitrogens with one attached hydrogen (secondary N) is 2. The molecule has 0 aliphatic carbocycles. The van der Waals surface area contributed by atoms with Crippen LogP contribution in [-0.4, -0.2) is 21.6 Å². The van der Waals surface area contributed by atoms with Gasteiger partial charge in [-0.3, -0.25) is 14.3 Å². The van der Waals surface area contributed by atoms with Crippen molar-refractivity contribution in [2.75, 3.05) is 10.6 Å². The van der Waals surface area contributed by atoms with E-state index in [0.29, 0.717) is 35.1 Å². The third-order valence-corrected chi connectivity index (χ3v) is 3.86. The van der Waals surface area contributed by atoms with Crippen LogP contribution >= 0.6 is 0 Å². The van der Waals surface area contributed by atoms with E-state index in [1.54, 1.807) is 31.6 Å². The van der Waals surface area contributed by atoms with Gasteiger partial charge in [-0.2, -0.15) is 5.10 Å². The van der Waals surface area contributed by atoms with E-state index in [1.165, 1.54) is 0 Å². The fraction of sp³-hybridized carbons (Fsp3) is 0.400. The van der Waals surface area contributed by atoms with Crippen molar-refractivity contribution >= 4 is 23.5 Å². The number of nitrogens with zero attached hydrogens (tertiary/aromatic N) is 2. The molecule has 3 heterocycles. The Morgan fingerprint density at radius 2 is 2.23 bits per heavy atom. The van der Waals surface area contributed by atoms with E-state index in [1.807, 2.05) is 6.92 Å². The first kappa shape index (κ1) is 14.4. The molecule has 1 aliphatic rings. The van der Waals surface area contributed by atoms with Crippen LogP contribution in [0.4, 0.5) is 11.6 Å². The van der Waals surface area contributed by atoms with Gasteiger partial charge in [0.25, 0.3) is 5.91 Å². The number of hydrogen-bond acceptors (Lipinski definition) is 4. The number of hydrogen-bond donors (Lipinski definition) is 2. The standard InChI is InChI=1S/C15H18N4O3/c1-7-5-11-12(18-19(4)13(11)17-14(7)20)16-15(21)10-6-8(2)22-9(10)3/h6-7H,5H2,1-4H3,(H,17,20)(H,16,18,21)/t7-/m0/s1. The topological polar surface area (TPSA) is 89.2 Å². The summed E-state index contributed by atoms with van der Waals surface area (Å²) in [6.45, 7) is 5.39. The lowest BCUT2D eigenvalue weighted by molar-refractivity contribution is -0.119. The van der Waals surface area contributed by atoms with E-state index in [-0.39, 0.29) is 17.7 Å². The Morgan fingerprint density at radius 3 is 2.86 bits per heavy atom. The van der Waals surface area contributed by atoms with E-state index < -0.39 is 0 Å². The zero-order chi connectivity index (χ0) is 16.0. The minimum Gasteiger partial charge on any atom is -0.466 e. The summed E-state index contributed by atoms with van der Waals surface area (Å²) in [5.74, 6) is 1.93. The minimum absolute atomic E-state index is 0.0327. The van der Waals surface area contributed by atoms with Crippen molar-refractivity contribution in [3.05, 3.63) is 28.7 Å². The number of rotatable bonds is 2. The quantitative estimate of drug-likeness (QED) is 0.888. The van der Waals surface area contributed by atoms with Crippen LogP contribution in [0.15, 0.2) is 10.5 Å². The monoisotopic (exact) mass is 302 g/mol. The zero-order valence-corrected chi connectivity index (χ0v) is 13.0. The first-order chi connectivity index (χ1) is 10.4. The second kappa shape index (κ2) is 5.01. The summed E-state index contributed by atoms with van der Waals surface area (Å²) in [6, 6.07) is 1.70. The molecule has 0 saturated carbocycles. The summed E-state index contributed by atoms with van der Waals surface area (Å²) in [4.78, 5) is 24.1. The van der Waals surface area contributed by atoms with E-state index in [9.17, 15) is 9.59 Å². The normalized spacial score (nSPS) is 17.1. The predicted octanol–water partition coefficient (Wildman–Crippen LogP) is 2.01. The summed E-state index contributed by atoms with van der Waals surface area (Å²) in [7, 11) is 1.73. The van der Waals surface area contributed by atoms with Crippen LogP contribution in [-0.2, 0) is 18.3 Å². The minimum atomic E-state index is -0.264. The van der Waals surface area contributed by atoms with E-state index in [4.69, 9.17) is 4.42 Å². The number of anilines is 2. The number of aryl methyl sites for hydroxylation is 3. The summed E-state index contributed by atoms with van der Waals surface area (Å²) < 4.78 is 6.95. The molecule has 0 aromatic carbocycles. The van der Waals surface area contributed by atoms with Crippen LogP contribution in [0.3, 0.4) is 0 Å². The fourth-order valence-corrected chi connectivity index (χ4v) is 2.69. The number of amides is 2. The van der Waals surface area contributed by atoms with Gasteiger partial charge in [-0.25, -0.2) is 0 Å². The molecule has 7 nitrogen and oxygen atoms in total. The van der Waals surface area contributed by atoms with Crippen molar-refractivity contribution in [2.45, 2.75) is 27.2 Å². The van der Waals surface area contributed by atoms with Gasteiger partial charge in [0.2, 0.25) is 5.91 Å². The molecule has 0 unspecified atom stereocenters. The van der Waals surface area contributed by atoms with Gasteiger partial charge in [-0.1, -0.05) is 6.92 Å². The van der Waals surface area contributed by atoms with E-state index in [2.05, 4.69) is 15.7 Å². The van der Waals surface area contributed by atoms with Crippen molar-refractivity contribution in [2.24, 2.45) is 13.0 Å². The molecule has 2 N–H and O–H groups in total. The number of carbonyl (C=O) groups excluding carboxylic acids is 2. The van der Waals surface area contributed by atoms with Gasteiger partial charge in [0.1, 0.15) is 17.3 Å². The predicted molar refractivity (Wildman–Crippen MR) is 80.8 cm³/mol. The molecule has 22 heavy (non-hydrogen) atoms. The maximum Gasteiger partial charge on any atom is 0.260 e. The molecule has 0 saturated heterocycles. The van der Waals surface area contributed by atoms with Crippen LogP contribution in [0.1, 0.15) is 34.4 Å². The molecule has 7 heteroatoms. The highest BCUT2D eigenvalue weighted by atomic mass is 16.3. The Morgan fingerprint density at radius 1 is 1.50 bits per heavy atom. The number of fused-ring (bicyclic) bond motifs is 1.